The maximum absolute atomic E-state index is 2.87. The molecular formula is C42H36BN3. The number of hydrogen-bond donors (Lipinski definition) is 0. The molecule has 0 radical (unpaired) electrons. The quantitative estimate of drug-likeness (QED) is 0.178. The first-order chi connectivity index (χ1) is 22.9. The van der Waals surface area contributed by atoms with Crippen LogP contribution in [-0.4, -0.2) is 23.4 Å². The van der Waals surface area contributed by atoms with Crippen LogP contribution in [0.5, 0.6) is 0 Å². The lowest BCUT2D eigenvalue weighted by Crippen LogP contribution is -2.61. The van der Waals surface area contributed by atoms with Gasteiger partial charge in [-0.15, -0.1) is 0 Å². The summed E-state index contributed by atoms with van der Waals surface area (Å²) in [5.41, 5.74) is 17.7. The van der Waals surface area contributed by atoms with Crippen molar-refractivity contribution < 1.29 is 0 Å². The van der Waals surface area contributed by atoms with E-state index in [0.29, 0.717) is 23.9 Å². The van der Waals surface area contributed by atoms with E-state index in [-0.39, 0.29) is 6.71 Å². The van der Waals surface area contributed by atoms with Crippen LogP contribution < -0.4 is 26.2 Å². The van der Waals surface area contributed by atoms with E-state index in [9.17, 15) is 0 Å². The van der Waals surface area contributed by atoms with Gasteiger partial charge < -0.3 is 14.4 Å². The highest BCUT2D eigenvalue weighted by Crippen LogP contribution is 2.55. The molecule has 4 aliphatic heterocycles. The number of rotatable bonds is 1. The molecule has 2 saturated carbocycles. The van der Waals surface area contributed by atoms with Gasteiger partial charge >= 0.3 is 0 Å². The number of hydrogen-bond acceptors (Lipinski definition) is 2. The highest BCUT2D eigenvalue weighted by atomic mass is 15.2. The highest BCUT2D eigenvalue weighted by molar-refractivity contribution is 7.00. The Morgan fingerprint density at radius 3 is 2.13 bits per heavy atom. The van der Waals surface area contributed by atoms with E-state index in [4.69, 9.17) is 0 Å². The second-order valence-corrected chi connectivity index (χ2v) is 14.9. The molecular weight excluding hydrogens is 557 g/mol. The average molecular weight is 594 g/mol. The van der Waals surface area contributed by atoms with Crippen molar-refractivity contribution in [2.24, 2.45) is 0 Å². The Hall–Kier alpha value is -4.44. The monoisotopic (exact) mass is 593 g/mol. The van der Waals surface area contributed by atoms with Crippen LogP contribution in [0.15, 0.2) is 97.1 Å². The number of para-hydroxylation sites is 4. The Morgan fingerprint density at radius 2 is 1.22 bits per heavy atom. The Morgan fingerprint density at radius 1 is 0.543 bits per heavy atom. The van der Waals surface area contributed by atoms with Crippen LogP contribution in [-0.2, 0) is 0 Å². The van der Waals surface area contributed by atoms with Gasteiger partial charge in [0, 0.05) is 68.6 Å². The molecule has 5 heterocycles. The van der Waals surface area contributed by atoms with E-state index in [1.807, 2.05) is 0 Å². The van der Waals surface area contributed by atoms with Crippen molar-refractivity contribution in [1.29, 1.82) is 0 Å². The van der Waals surface area contributed by atoms with Crippen molar-refractivity contribution in [3.63, 3.8) is 0 Å². The van der Waals surface area contributed by atoms with Gasteiger partial charge in [0.25, 0.3) is 6.71 Å². The van der Waals surface area contributed by atoms with Crippen LogP contribution in [0.2, 0.25) is 0 Å². The number of anilines is 4. The molecule has 6 aliphatic rings. The first-order valence-corrected chi connectivity index (χ1v) is 17.9. The van der Waals surface area contributed by atoms with Gasteiger partial charge in [0.05, 0.1) is 5.52 Å². The first-order valence-electron chi connectivity index (χ1n) is 17.9. The Labute approximate surface area is 270 Å². The lowest BCUT2D eigenvalue weighted by Gasteiger charge is -2.43. The number of aromatic nitrogens is 1. The third kappa shape index (κ3) is 2.85. The molecule has 5 aromatic carbocycles. The number of fused-ring (bicyclic) bond motifs is 13. The van der Waals surface area contributed by atoms with E-state index in [2.05, 4.69) is 111 Å². The zero-order chi connectivity index (χ0) is 29.7. The fourth-order valence-electron chi connectivity index (χ4n) is 11.4. The normalized spacial score (nSPS) is 24.6. The molecule has 6 aromatic rings. The van der Waals surface area contributed by atoms with E-state index in [1.165, 1.54) is 112 Å². The van der Waals surface area contributed by atoms with Gasteiger partial charge in [-0.1, -0.05) is 98.5 Å². The minimum Gasteiger partial charge on any atom is -0.338 e. The molecule has 12 rings (SSSR count). The van der Waals surface area contributed by atoms with Gasteiger partial charge in [-0.2, -0.15) is 0 Å². The fraction of sp³-hybridized carbons (Fsp3) is 0.286. The SMILES string of the molecule is c1ccc2c(c1)C1CCCCC1N2c1cc2c3c(c1)-n1c4ccccc4c4cccc(c41)B3c1cccc3c1N2C1CCCCC31. The van der Waals surface area contributed by atoms with Crippen LogP contribution >= 0.6 is 0 Å². The maximum atomic E-state index is 2.87. The summed E-state index contributed by atoms with van der Waals surface area (Å²) in [6, 6.07) is 39.2. The Balaban J connectivity index is 1.22. The maximum Gasteiger partial charge on any atom is 0.252 e. The molecule has 0 spiro atoms. The summed E-state index contributed by atoms with van der Waals surface area (Å²) in [6.07, 6.45) is 10.5. The summed E-state index contributed by atoms with van der Waals surface area (Å²) in [5, 5.41) is 2.74. The van der Waals surface area contributed by atoms with Gasteiger partial charge in [-0.05, 0) is 77.5 Å². The van der Waals surface area contributed by atoms with E-state index < -0.39 is 0 Å². The molecule has 0 bridgehead atoms. The van der Waals surface area contributed by atoms with Crippen molar-refractivity contribution in [3.8, 4) is 5.69 Å². The number of benzene rings is 5. The molecule has 0 N–H and O–H groups in total. The van der Waals surface area contributed by atoms with Crippen molar-refractivity contribution in [1.82, 2.24) is 4.57 Å². The van der Waals surface area contributed by atoms with Gasteiger partial charge in [0.1, 0.15) is 0 Å². The fourth-order valence-corrected chi connectivity index (χ4v) is 11.4. The molecule has 4 unspecified atom stereocenters. The summed E-state index contributed by atoms with van der Waals surface area (Å²) >= 11 is 0. The molecule has 2 aliphatic carbocycles. The molecule has 3 nitrogen and oxygen atoms in total. The van der Waals surface area contributed by atoms with Crippen LogP contribution in [0.4, 0.5) is 22.7 Å². The van der Waals surface area contributed by atoms with E-state index in [0.717, 1.165) is 0 Å². The summed E-state index contributed by atoms with van der Waals surface area (Å²) in [7, 11) is 0. The molecule has 0 saturated heterocycles. The van der Waals surface area contributed by atoms with Crippen LogP contribution in [0.3, 0.4) is 0 Å². The van der Waals surface area contributed by atoms with Crippen molar-refractivity contribution >= 4 is 67.7 Å². The summed E-state index contributed by atoms with van der Waals surface area (Å²) in [4.78, 5) is 5.65. The van der Waals surface area contributed by atoms with Crippen LogP contribution in [0, 0.1) is 0 Å². The molecule has 1 aromatic heterocycles. The van der Waals surface area contributed by atoms with Gasteiger partial charge in [0.15, 0.2) is 0 Å². The van der Waals surface area contributed by atoms with Crippen molar-refractivity contribution in [3.05, 3.63) is 108 Å². The predicted octanol–water partition coefficient (Wildman–Crippen LogP) is 8.28. The van der Waals surface area contributed by atoms with E-state index >= 15 is 0 Å². The lowest BCUT2D eigenvalue weighted by molar-refractivity contribution is 0.401. The van der Waals surface area contributed by atoms with Gasteiger partial charge in [0.2, 0.25) is 0 Å². The summed E-state index contributed by atoms with van der Waals surface area (Å²) < 4.78 is 2.66. The molecule has 46 heavy (non-hydrogen) atoms. The summed E-state index contributed by atoms with van der Waals surface area (Å²) in [5.74, 6) is 1.26. The zero-order valence-corrected chi connectivity index (χ0v) is 26.1. The zero-order valence-electron chi connectivity index (χ0n) is 26.1. The molecule has 0 amide bonds. The molecule has 222 valence electrons. The van der Waals surface area contributed by atoms with E-state index in [1.54, 1.807) is 16.8 Å². The average Bonchev–Trinajstić information content (AvgIpc) is 3.76. The first kappa shape index (κ1) is 24.8. The third-order valence-corrected chi connectivity index (χ3v) is 13.0. The number of nitrogens with zero attached hydrogens (tertiary/aromatic N) is 3. The topological polar surface area (TPSA) is 11.4 Å². The summed E-state index contributed by atoms with van der Waals surface area (Å²) in [6.45, 7) is 0.249. The predicted molar refractivity (Wildman–Crippen MR) is 193 cm³/mol. The molecule has 4 heteroatoms. The van der Waals surface area contributed by atoms with Gasteiger partial charge in [-0.25, -0.2) is 0 Å². The Bertz CT molecular complexity index is 2300. The molecule has 2 fully saturated rings. The van der Waals surface area contributed by atoms with Crippen LogP contribution in [0.1, 0.15) is 74.3 Å². The standard InChI is InChI=1S/C42H36BN3/c1-5-19-34-26(11-1)27-12-2-6-20-35(27)44(34)25-23-38-40-39(24-25)46-37-22-8-4-14-29(37)31-16-10-18-33(42(31)46)43(40)32-17-9-15-30-28-13-3-7-21-36(28)45(38)41(30)32/h1,3,5,7,9-11,13,15-19,21,23-24,27,29,35,37H,2,4,6,8,12,14,20,22H2. The smallest absolute Gasteiger partial charge is 0.252 e. The second kappa shape index (κ2) is 8.67. The Kier molecular flexibility index (Phi) is 4.67. The van der Waals surface area contributed by atoms with Crippen molar-refractivity contribution in [2.45, 2.75) is 75.3 Å². The van der Waals surface area contributed by atoms with Gasteiger partial charge in [-0.3, -0.25) is 0 Å². The van der Waals surface area contributed by atoms with Crippen LogP contribution in [0.25, 0.3) is 27.5 Å². The minimum absolute atomic E-state index is 0.249. The largest absolute Gasteiger partial charge is 0.338 e. The highest BCUT2D eigenvalue weighted by Gasteiger charge is 2.50. The lowest BCUT2D eigenvalue weighted by atomic mass is 9.34. The van der Waals surface area contributed by atoms with Crippen molar-refractivity contribution in [2.75, 3.05) is 9.80 Å². The molecule has 4 atom stereocenters. The second-order valence-electron chi connectivity index (χ2n) is 14.9. The third-order valence-electron chi connectivity index (χ3n) is 13.0. The minimum atomic E-state index is 0.249.